The predicted octanol–water partition coefficient (Wildman–Crippen LogP) is 3.21. The van der Waals surface area contributed by atoms with Crippen molar-refractivity contribution in [2.75, 3.05) is 5.32 Å². The van der Waals surface area contributed by atoms with Gasteiger partial charge in [-0.1, -0.05) is 6.42 Å². The minimum atomic E-state index is -0.989. The van der Waals surface area contributed by atoms with Crippen molar-refractivity contribution in [1.29, 1.82) is 0 Å². The lowest BCUT2D eigenvalue weighted by atomic mass is 9.86. The van der Waals surface area contributed by atoms with Crippen LogP contribution in [0.3, 0.4) is 0 Å². The SMILES string of the molecule is O=C(CC1CC2CCC1C2)Nc1sccc1C(=O)O. The van der Waals surface area contributed by atoms with Crippen LogP contribution in [-0.4, -0.2) is 17.0 Å². The van der Waals surface area contributed by atoms with E-state index in [0.29, 0.717) is 17.3 Å². The molecule has 2 aliphatic carbocycles. The number of carboxylic acid groups (broad SMARTS) is 1. The Labute approximate surface area is 115 Å². The molecule has 1 aromatic rings. The van der Waals surface area contributed by atoms with E-state index < -0.39 is 5.97 Å². The van der Waals surface area contributed by atoms with Crippen molar-refractivity contribution in [3.63, 3.8) is 0 Å². The van der Waals surface area contributed by atoms with Crippen LogP contribution in [0.5, 0.6) is 0 Å². The fraction of sp³-hybridized carbons (Fsp3) is 0.571. The van der Waals surface area contributed by atoms with Gasteiger partial charge in [0.2, 0.25) is 5.91 Å². The van der Waals surface area contributed by atoms with Crippen LogP contribution in [0.4, 0.5) is 5.00 Å². The van der Waals surface area contributed by atoms with E-state index in [1.807, 2.05) is 0 Å². The van der Waals surface area contributed by atoms with Crippen LogP contribution in [0.1, 0.15) is 42.5 Å². The maximum absolute atomic E-state index is 12.0. The summed E-state index contributed by atoms with van der Waals surface area (Å²) in [5.74, 6) is 1.03. The Morgan fingerprint density at radius 1 is 1.37 bits per heavy atom. The van der Waals surface area contributed by atoms with Crippen molar-refractivity contribution < 1.29 is 14.7 Å². The van der Waals surface area contributed by atoms with Crippen molar-refractivity contribution in [2.24, 2.45) is 17.8 Å². The first-order valence-electron chi connectivity index (χ1n) is 6.74. The Morgan fingerprint density at radius 3 is 2.84 bits per heavy atom. The molecule has 0 spiro atoms. The lowest BCUT2D eigenvalue weighted by Gasteiger charge is -2.20. The van der Waals surface area contributed by atoms with Crippen LogP contribution in [0.25, 0.3) is 0 Å². The molecule has 1 heterocycles. The number of hydrogen-bond acceptors (Lipinski definition) is 3. The number of thiophene rings is 1. The molecule has 5 heteroatoms. The number of carbonyl (C=O) groups excluding carboxylic acids is 1. The van der Waals surface area contributed by atoms with Crippen LogP contribution < -0.4 is 5.32 Å². The second-order valence-electron chi connectivity index (χ2n) is 5.66. The second kappa shape index (κ2) is 4.96. The minimum Gasteiger partial charge on any atom is -0.478 e. The molecule has 0 aliphatic heterocycles. The molecule has 2 N–H and O–H groups in total. The third-order valence-corrected chi connectivity index (χ3v) is 5.31. The molecular formula is C14H17NO3S. The highest BCUT2D eigenvalue weighted by Gasteiger charge is 2.40. The monoisotopic (exact) mass is 279 g/mol. The van der Waals surface area contributed by atoms with Crippen molar-refractivity contribution in [3.8, 4) is 0 Å². The van der Waals surface area contributed by atoms with E-state index in [2.05, 4.69) is 5.32 Å². The van der Waals surface area contributed by atoms with Crippen LogP contribution in [0.2, 0.25) is 0 Å². The van der Waals surface area contributed by atoms with E-state index in [1.165, 1.54) is 43.1 Å². The van der Waals surface area contributed by atoms with Gasteiger partial charge in [-0.2, -0.15) is 0 Å². The fourth-order valence-electron chi connectivity index (χ4n) is 3.62. The number of anilines is 1. The Hall–Kier alpha value is -1.36. The number of rotatable bonds is 4. The zero-order valence-corrected chi connectivity index (χ0v) is 11.4. The van der Waals surface area contributed by atoms with Gasteiger partial charge in [0.25, 0.3) is 0 Å². The summed E-state index contributed by atoms with van der Waals surface area (Å²) >= 11 is 1.27. The summed E-state index contributed by atoms with van der Waals surface area (Å²) in [6, 6.07) is 1.53. The molecule has 4 nitrogen and oxygen atoms in total. The maximum atomic E-state index is 12.0. The average molecular weight is 279 g/mol. The van der Waals surface area contributed by atoms with Gasteiger partial charge in [0.05, 0.1) is 5.56 Å². The third kappa shape index (κ3) is 2.52. The van der Waals surface area contributed by atoms with E-state index in [9.17, 15) is 9.59 Å². The van der Waals surface area contributed by atoms with E-state index in [0.717, 1.165) is 11.8 Å². The second-order valence-corrected chi connectivity index (χ2v) is 6.57. The zero-order valence-electron chi connectivity index (χ0n) is 10.6. The summed E-state index contributed by atoms with van der Waals surface area (Å²) in [6.45, 7) is 0. The fourth-order valence-corrected chi connectivity index (χ4v) is 4.41. The lowest BCUT2D eigenvalue weighted by Crippen LogP contribution is -2.20. The van der Waals surface area contributed by atoms with Crippen molar-refractivity contribution in [3.05, 3.63) is 17.0 Å². The van der Waals surface area contributed by atoms with Crippen molar-refractivity contribution >= 4 is 28.2 Å². The molecular weight excluding hydrogens is 262 g/mol. The third-order valence-electron chi connectivity index (χ3n) is 4.48. The molecule has 2 fully saturated rings. The average Bonchev–Trinajstić information content (AvgIpc) is 3.03. The first kappa shape index (κ1) is 12.7. The predicted molar refractivity (Wildman–Crippen MR) is 73.5 cm³/mol. The van der Waals surface area contributed by atoms with E-state index >= 15 is 0 Å². The van der Waals surface area contributed by atoms with Gasteiger partial charge in [0, 0.05) is 6.42 Å². The maximum Gasteiger partial charge on any atom is 0.338 e. The van der Waals surface area contributed by atoms with E-state index in [1.54, 1.807) is 5.38 Å². The molecule has 3 atom stereocenters. The number of carbonyl (C=O) groups is 2. The number of hydrogen-bond donors (Lipinski definition) is 2. The molecule has 1 amide bonds. The summed E-state index contributed by atoms with van der Waals surface area (Å²) < 4.78 is 0. The van der Waals surface area contributed by atoms with Crippen molar-refractivity contribution in [1.82, 2.24) is 0 Å². The first-order valence-corrected chi connectivity index (χ1v) is 7.62. The molecule has 102 valence electrons. The van der Waals surface area contributed by atoms with Crippen LogP contribution in [0.15, 0.2) is 11.4 Å². The summed E-state index contributed by atoms with van der Waals surface area (Å²) in [4.78, 5) is 23.0. The van der Waals surface area contributed by atoms with Crippen LogP contribution in [0, 0.1) is 17.8 Å². The number of carboxylic acids is 1. The Morgan fingerprint density at radius 2 is 2.21 bits per heavy atom. The smallest absolute Gasteiger partial charge is 0.338 e. The molecule has 1 aromatic heterocycles. The molecule has 0 saturated heterocycles. The molecule has 3 rings (SSSR count). The molecule has 0 aromatic carbocycles. The number of nitrogens with one attached hydrogen (secondary N) is 1. The highest BCUT2D eigenvalue weighted by molar-refractivity contribution is 7.14. The number of amides is 1. The Bertz CT molecular complexity index is 511. The quantitative estimate of drug-likeness (QED) is 0.889. The Kier molecular flexibility index (Phi) is 3.31. The largest absolute Gasteiger partial charge is 0.478 e. The van der Waals surface area contributed by atoms with Crippen LogP contribution >= 0.6 is 11.3 Å². The normalized spacial score (nSPS) is 28.5. The van der Waals surface area contributed by atoms with Gasteiger partial charge in [0.15, 0.2) is 0 Å². The molecule has 0 radical (unpaired) electrons. The summed E-state index contributed by atoms with van der Waals surface area (Å²) in [5, 5.41) is 13.9. The zero-order chi connectivity index (χ0) is 13.4. The topological polar surface area (TPSA) is 66.4 Å². The summed E-state index contributed by atoms with van der Waals surface area (Å²) in [6.07, 6.45) is 5.60. The minimum absolute atomic E-state index is 0.0394. The standard InChI is InChI=1S/C14H17NO3S/c16-12(7-10-6-8-1-2-9(10)5-8)15-13-11(14(17)18)3-4-19-13/h3-4,8-10H,1-2,5-7H2,(H,15,16)(H,17,18). The van der Waals surface area contributed by atoms with Crippen molar-refractivity contribution in [2.45, 2.75) is 32.1 Å². The number of aromatic carboxylic acids is 1. The molecule has 2 aliphatic rings. The summed E-state index contributed by atoms with van der Waals surface area (Å²) in [7, 11) is 0. The van der Waals surface area contributed by atoms with E-state index in [-0.39, 0.29) is 11.5 Å². The van der Waals surface area contributed by atoms with Gasteiger partial charge in [-0.05, 0) is 48.5 Å². The molecule has 19 heavy (non-hydrogen) atoms. The molecule has 3 unspecified atom stereocenters. The first-order chi connectivity index (χ1) is 9.13. The highest BCUT2D eigenvalue weighted by atomic mass is 32.1. The number of fused-ring (bicyclic) bond motifs is 2. The van der Waals surface area contributed by atoms with Gasteiger partial charge in [-0.3, -0.25) is 4.79 Å². The van der Waals surface area contributed by atoms with Gasteiger partial charge in [-0.25, -0.2) is 4.79 Å². The lowest BCUT2D eigenvalue weighted by molar-refractivity contribution is -0.117. The van der Waals surface area contributed by atoms with Crippen LogP contribution in [-0.2, 0) is 4.79 Å². The van der Waals surface area contributed by atoms with Gasteiger partial charge in [0.1, 0.15) is 5.00 Å². The van der Waals surface area contributed by atoms with Gasteiger partial charge < -0.3 is 10.4 Å². The molecule has 2 bridgehead atoms. The Balaban J connectivity index is 1.59. The van der Waals surface area contributed by atoms with Gasteiger partial charge >= 0.3 is 5.97 Å². The summed E-state index contributed by atoms with van der Waals surface area (Å²) in [5.41, 5.74) is 0.186. The molecule has 2 saturated carbocycles. The highest BCUT2D eigenvalue weighted by Crippen LogP contribution is 2.49. The van der Waals surface area contributed by atoms with Gasteiger partial charge in [-0.15, -0.1) is 11.3 Å². The van der Waals surface area contributed by atoms with E-state index in [4.69, 9.17) is 5.11 Å².